The predicted molar refractivity (Wildman–Crippen MR) is 129 cm³/mol. The van der Waals surface area contributed by atoms with Crippen molar-refractivity contribution < 1.29 is 38.2 Å². The van der Waals surface area contributed by atoms with E-state index >= 15 is 0 Å². The quantitative estimate of drug-likeness (QED) is 0.591. The molecule has 0 spiro atoms. The first kappa shape index (κ1) is 25.6. The van der Waals surface area contributed by atoms with Gasteiger partial charge in [-0.15, -0.1) is 10.2 Å². The molecule has 6 nitrogen and oxygen atoms in total. The summed E-state index contributed by atoms with van der Waals surface area (Å²) in [4.78, 5) is 0. The second kappa shape index (κ2) is 11.0. The van der Waals surface area contributed by atoms with Gasteiger partial charge in [0.15, 0.2) is 5.71 Å². The van der Waals surface area contributed by atoms with Gasteiger partial charge in [-0.05, 0) is 59.4 Å². The van der Waals surface area contributed by atoms with Crippen LogP contribution in [0.2, 0.25) is 0 Å². The molecule has 0 aromatic heterocycles. The zero-order chi connectivity index (χ0) is 25.7. The molecule has 2 aliphatic carbocycles. The summed E-state index contributed by atoms with van der Waals surface area (Å²) in [7, 11) is -0.814. The molecule has 184 valence electrons. The van der Waals surface area contributed by atoms with Crippen LogP contribution in [0.15, 0.2) is 120 Å². The molecule has 0 saturated heterocycles. The molecule has 0 amide bonds. The minimum Gasteiger partial charge on any atom is -0.456 e. The Bertz CT molecular complexity index is 1310. The standard InChI is InChI=1S/C29H26NO.ClHO4/c1-30(2)25-16-13-21(14-17-25)19-24-15-18-26-27(22-9-5-3-6-10-22)20-28(31-29(24)26)23-11-7-4-8-12-23;2-1(3,4)5/h3-14,16-17,19-20H,15,18H2,1-2H3;(H,2,3,4,5)/q+1;/p-1. The van der Waals surface area contributed by atoms with Crippen LogP contribution in [0.25, 0.3) is 11.3 Å². The number of halogens is 1. The van der Waals surface area contributed by atoms with Gasteiger partial charge in [0.1, 0.15) is 25.6 Å². The Labute approximate surface area is 212 Å². The van der Waals surface area contributed by atoms with Crippen LogP contribution in [0.5, 0.6) is 0 Å². The summed E-state index contributed by atoms with van der Waals surface area (Å²) in [6.45, 7) is 0. The third-order valence-corrected chi connectivity index (χ3v) is 5.92. The highest BCUT2D eigenvalue weighted by molar-refractivity contribution is 6.02. The fourth-order valence-electron chi connectivity index (χ4n) is 4.25. The first-order valence-corrected chi connectivity index (χ1v) is 12.6. The van der Waals surface area contributed by atoms with Crippen molar-refractivity contribution in [1.29, 1.82) is 0 Å². The monoisotopic (exact) mass is 503 g/mol. The van der Waals surface area contributed by atoms with Crippen LogP contribution in [-0.2, 0) is 4.74 Å². The van der Waals surface area contributed by atoms with Gasteiger partial charge in [0.05, 0.1) is 0 Å². The van der Waals surface area contributed by atoms with Gasteiger partial charge in [-0.1, -0.05) is 60.7 Å². The molecule has 5 rings (SSSR count). The maximum absolute atomic E-state index is 8.49. The van der Waals surface area contributed by atoms with Gasteiger partial charge in [0.25, 0.3) is 0 Å². The molecule has 1 heterocycles. The van der Waals surface area contributed by atoms with E-state index in [2.05, 4.69) is 110 Å². The molecule has 0 atom stereocenters. The Kier molecular flexibility index (Phi) is 7.84. The first-order chi connectivity index (χ1) is 17.2. The molecule has 1 aliphatic heterocycles. The normalized spacial score (nSPS) is 16.8. The minimum absolute atomic E-state index is 0.911. The van der Waals surface area contributed by atoms with Gasteiger partial charge in [0.2, 0.25) is 0 Å². The van der Waals surface area contributed by atoms with Crippen LogP contribution in [0, 0.1) is 10.2 Å². The SMILES string of the molecule is C[N+](C)=C1C=CC(=CC2=C3OC(c4ccccc4)=CC(c4ccccc4)=C3CC2)C=C1.[O-][Cl+3]([O-])([O-])[O-]. The summed E-state index contributed by atoms with van der Waals surface area (Å²) in [5, 5.41) is 0. The van der Waals surface area contributed by atoms with Crippen LogP contribution in [0.3, 0.4) is 0 Å². The Hall–Kier alpha value is -3.52. The van der Waals surface area contributed by atoms with E-state index in [-0.39, 0.29) is 0 Å². The summed E-state index contributed by atoms with van der Waals surface area (Å²) in [5.41, 5.74) is 8.59. The molecule has 36 heavy (non-hydrogen) atoms. The highest BCUT2D eigenvalue weighted by Crippen LogP contribution is 2.45. The van der Waals surface area contributed by atoms with Crippen molar-refractivity contribution in [2.45, 2.75) is 12.8 Å². The fourth-order valence-corrected chi connectivity index (χ4v) is 4.25. The largest absolute Gasteiger partial charge is 0.456 e. The summed E-state index contributed by atoms with van der Waals surface area (Å²) >= 11 is 0. The number of ether oxygens (including phenoxy) is 1. The molecule has 0 saturated carbocycles. The number of hydrogen-bond donors (Lipinski definition) is 0. The second-order valence-electron chi connectivity index (χ2n) is 8.60. The van der Waals surface area contributed by atoms with E-state index in [1.54, 1.807) is 0 Å². The maximum atomic E-state index is 8.49. The summed E-state index contributed by atoms with van der Waals surface area (Å²) in [6.07, 6.45) is 15.2. The lowest BCUT2D eigenvalue weighted by Crippen LogP contribution is -2.68. The van der Waals surface area contributed by atoms with Gasteiger partial charge in [-0.3, -0.25) is 0 Å². The lowest BCUT2D eigenvalue weighted by Gasteiger charge is -2.22. The summed E-state index contributed by atoms with van der Waals surface area (Å²) < 4.78 is 42.6. The van der Waals surface area contributed by atoms with E-state index in [1.165, 1.54) is 33.6 Å². The lowest BCUT2D eigenvalue weighted by atomic mass is 9.95. The van der Waals surface area contributed by atoms with Crippen LogP contribution >= 0.6 is 0 Å². The number of nitrogens with zero attached hydrogens (tertiary/aromatic N) is 1. The highest BCUT2D eigenvalue weighted by atomic mass is 35.7. The molecule has 7 heteroatoms. The molecule has 0 unspecified atom stereocenters. The molecular formula is C29H26ClNO5. The Morgan fingerprint density at radius 2 is 1.33 bits per heavy atom. The van der Waals surface area contributed by atoms with Crippen LogP contribution in [-0.4, -0.2) is 24.4 Å². The molecule has 0 fully saturated rings. The zero-order valence-corrected chi connectivity index (χ0v) is 20.8. The fraction of sp³-hybridized carbons (Fsp3) is 0.138. The average Bonchev–Trinajstić information content (AvgIpc) is 3.26. The van der Waals surface area contributed by atoms with E-state index < -0.39 is 10.2 Å². The van der Waals surface area contributed by atoms with Crippen LogP contribution in [0.1, 0.15) is 24.0 Å². The molecule has 3 aliphatic rings. The van der Waals surface area contributed by atoms with Crippen molar-refractivity contribution in [3.63, 3.8) is 0 Å². The van der Waals surface area contributed by atoms with Crippen molar-refractivity contribution in [2.75, 3.05) is 14.1 Å². The van der Waals surface area contributed by atoms with Gasteiger partial charge in [-0.2, -0.15) is 0 Å². The smallest absolute Gasteiger partial charge is 0.199 e. The van der Waals surface area contributed by atoms with E-state index in [1.807, 2.05) is 6.07 Å². The van der Waals surface area contributed by atoms with Gasteiger partial charge >= 0.3 is 0 Å². The molecule has 2 aromatic rings. The summed E-state index contributed by atoms with van der Waals surface area (Å²) in [5.74, 6) is 1.94. The van der Waals surface area contributed by atoms with E-state index in [0.717, 1.165) is 29.9 Å². The van der Waals surface area contributed by atoms with Crippen LogP contribution in [0.4, 0.5) is 0 Å². The van der Waals surface area contributed by atoms with Gasteiger partial charge in [-0.25, -0.2) is 23.2 Å². The van der Waals surface area contributed by atoms with Gasteiger partial charge < -0.3 is 4.74 Å². The number of fused-ring (bicyclic) bond motifs is 1. The third kappa shape index (κ3) is 6.57. The Balaban J connectivity index is 0.000000556. The number of allylic oxidation sites excluding steroid dienone is 10. The second-order valence-corrected chi connectivity index (χ2v) is 9.35. The summed E-state index contributed by atoms with van der Waals surface area (Å²) in [6, 6.07) is 21.0. The molecular weight excluding hydrogens is 478 g/mol. The average molecular weight is 504 g/mol. The first-order valence-electron chi connectivity index (χ1n) is 11.4. The molecule has 0 N–H and O–H groups in total. The van der Waals surface area contributed by atoms with Crippen molar-refractivity contribution in [3.05, 3.63) is 131 Å². The topological polar surface area (TPSA) is 104 Å². The van der Waals surface area contributed by atoms with Crippen LogP contribution < -0.4 is 18.6 Å². The highest BCUT2D eigenvalue weighted by Gasteiger charge is 2.29. The maximum Gasteiger partial charge on any atom is 0.199 e. The Morgan fingerprint density at radius 3 is 1.89 bits per heavy atom. The van der Waals surface area contributed by atoms with E-state index in [0.29, 0.717) is 0 Å². The molecule has 0 bridgehead atoms. The van der Waals surface area contributed by atoms with E-state index in [4.69, 9.17) is 23.4 Å². The minimum atomic E-state index is -4.94. The zero-order valence-electron chi connectivity index (χ0n) is 20.0. The molecule has 0 radical (unpaired) electrons. The molecule has 2 aromatic carbocycles. The van der Waals surface area contributed by atoms with Crippen molar-refractivity contribution >= 4 is 17.0 Å². The lowest BCUT2D eigenvalue weighted by molar-refractivity contribution is -2.00. The van der Waals surface area contributed by atoms with Gasteiger partial charge in [0, 0.05) is 23.3 Å². The van der Waals surface area contributed by atoms with Crippen molar-refractivity contribution in [3.8, 4) is 0 Å². The third-order valence-electron chi connectivity index (χ3n) is 5.92. The number of rotatable bonds is 3. The number of benzene rings is 2. The van der Waals surface area contributed by atoms with Crippen molar-refractivity contribution in [2.24, 2.45) is 0 Å². The van der Waals surface area contributed by atoms with E-state index in [9.17, 15) is 0 Å². The Morgan fingerprint density at radius 1 is 0.778 bits per heavy atom. The predicted octanol–water partition coefficient (Wildman–Crippen LogP) is 1.57. The van der Waals surface area contributed by atoms with Crippen molar-refractivity contribution in [1.82, 2.24) is 0 Å². The number of hydrogen-bond acceptors (Lipinski definition) is 5.